The van der Waals surface area contributed by atoms with Gasteiger partial charge in [-0.15, -0.1) is 0 Å². The molecular weight excluding hydrogens is 212 g/mol. The van der Waals surface area contributed by atoms with E-state index in [1.54, 1.807) is 0 Å². The summed E-state index contributed by atoms with van der Waals surface area (Å²) in [6.07, 6.45) is 3.21. The van der Waals surface area contributed by atoms with Crippen molar-refractivity contribution in [1.29, 1.82) is 5.41 Å². The lowest BCUT2D eigenvalue weighted by molar-refractivity contribution is 0.217. The summed E-state index contributed by atoms with van der Waals surface area (Å²) in [6.45, 7) is 5.14. The highest BCUT2D eigenvalue weighted by molar-refractivity contribution is 5.97. The maximum absolute atomic E-state index is 7.88. The predicted molar refractivity (Wildman–Crippen MR) is 71.1 cm³/mol. The zero-order valence-electron chi connectivity index (χ0n) is 10.6. The zero-order chi connectivity index (χ0) is 12.3. The quantitative estimate of drug-likeness (QED) is 0.863. The minimum Gasteiger partial charge on any atom is -0.491 e. The van der Waals surface area contributed by atoms with Crippen LogP contribution in [-0.2, 0) is 0 Å². The van der Waals surface area contributed by atoms with Crippen molar-refractivity contribution in [3.05, 3.63) is 24.3 Å². The van der Waals surface area contributed by atoms with Crippen molar-refractivity contribution >= 4 is 11.5 Å². The molecule has 1 aromatic carbocycles. The van der Waals surface area contributed by atoms with E-state index in [0.29, 0.717) is 5.84 Å². The van der Waals surface area contributed by atoms with Gasteiger partial charge in [0.1, 0.15) is 11.6 Å². The van der Waals surface area contributed by atoms with Gasteiger partial charge in [-0.2, -0.15) is 0 Å². The van der Waals surface area contributed by atoms with Crippen LogP contribution in [-0.4, -0.2) is 18.5 Å². The molecule has 3 nitrogen and oxygen atoms in total. The Morgan fingerprint density at radius 2 is 2.29 bits per heavy atom. The average Bonchev–Trinajstić information content (AvgIpc) is 2.75. The van der Waals surface area contributed by atoms with E-state index in [9.17, 15) is 0 Å². The van der Waals surface area contributed by atoms with Crippen LogP contribution in [0.4, 0.5) is 5.69 Å². The van der Waals surface area contributed by atoms with Crippen LogP contribution in [0.1, 0.15) is 33.1 Å². The molecule has 0 spiro atoms. The third-order valence-corrected chi connectivity index (χ3v) is 3.16. The monoisotopic (exact) mass is 232 g/mol. The van der Waals surface area contributed by atoms with Crippen LogP contribution >= 0.6 is 0 Å². The van der Waals surface area contributed by atoms with Gasteiger partial charge in [-0.25, -0.2) is 0 Å². The molecule has 1 unspecified atom stereocenters. The van der Waals surface area contributed by atoms with Gasteiger partial charge in [0.25, 0.3) is 0 Å². The van der Waals surface area contributed by atoms with Crippen molar-refractivity contribution < 1.29 is 4.74 Å². The van der Waals surface area contributed by atoms with Crippen molar-refractivity contribution in [2.24, 2.45) is 0 Å². The molecule has 1 fully saturated rings. The molecule has 0 bridgehead atoms. The van der Waals surface area contributed by atoms with Crippen LogP contribution in [0.5, 0.6) is 5.75 Å². The second kappa shape index (κ2) is 5.21. The molecule has 92 valence electrons. The molecule has 0 aliphatic carbocycles. The zero-order valence-corrected chi connectivity index (χ0v) is 10.6. The Bertz CT molecular complexity index is 403. The lowest BCUT2D eigenvalue weighted by Crippen LogP contribution is -2.23. The van der Waals surface area contributed by atoms with Crippen LogP contribution in [0.25, 0.3) is 0 Å². The predicted octanol–water partition coefficient (Wildman–Crippen LogP) is 3.44. The Morgan fingerprint density at radius 3 is 2.94 bits per heavy atom. The SMILES string of the molecule is CCC(C)Oc1cccc(N2CCCC2=N)c1. The van der Waals surface area contributed by atoms with Gasteiger partial charge < -0.3 is 9.64 Å². The van der Waals surface area contributed by atoms with Crippen LogP contribution in [0.2, 0.25) is 0 Å². The first-order chi connectivity index (χ1) is 8.20. The third kappa shape index (κ3) is 2.78. The van der Waals surface area contributed by atoms with Crippen LogP contribution < -0.4 is 9.64 Å². The average molecular weight is 232 g/mol. The molecular formula is C14H20N2O. The first-order valence-corrected chi connectivity index (χ1v) is 6.32. The van der Waals surface area contributed by atoms with Crippen molar-refractivity contribution in [1.82, 2.24) is 0 Å². The molecule has 0 aromatic heterocycles. The molecule has 1 aromatic rings. The number of amidine groups is 1. The molecule has 0 radical (unpaired) electrons. The van der Waals surface area contributed by atoms with E-state index in [1.807, 2.05) is 24.3 Å². The first-order valence-electron chi connectivity index (χ1n) is 6.32. The molecule has 1 aliphatic heterocycles. The number of anilines is 1. The van der Waals surface area contributed by atoms with E-state index >= 15 is 0 Å². The molecule has 1 heterocycles. The lowest BCUT2D eigenvalue weighted by atomic mass is 10.2. The Morgan fingerprint density at radius 1 is 1.47 bits per heavy atom. The minimum atomic E-state index is 0.239. The largest absolute Gasteiger partial charge is 0.491 e. The number of hydrogen-bond acceptors (Lipinski definition) is 2. The van der Waals surface area contributed by atoms with Crippen molar-refractivity contribution in [2.75, 3.05) is 11.4 Å². The summed E-state index contributed by atoms with van der Waals surface area (Å²) in [7, 11) is 0. The van der Waals surface area contributed by atoms with Gasteiger partial charge in [0.2, 0.25) is 0 Å². The van der Waals surface area contributed by atoms with Crippen molar-refractivity contribution in [3.63, 3.8) is 0 Å². The van der Waals surface area contributed by atoms with Crippen LogP contribution in [0.3, 0.4) is 0 Å². The molecule has 1 saturated heterocycles. The number of nitrogens with one attached hydrogen (secondary N) is 1. The van der Waals surface area contributed by atoms with E-state index in [2.05, 4.69) is 18.7 Å². The topological polar surface area (TPSA) is 36.3 Å². The highest BCUT2D eigenvalue weighted by Crippen LogP contribution is 2.26. The molecule has 1 aliphatic rings. The smallest absolute Gasteiger partial charge is 0.121 e. The van der Waals surface area contributed by atoms with E-state index in [4.69, 9.17) is 10.1 Å². The number of benzene rings is 1. The number of hydrogen-bond donors (Lipinski definition) is 1. The summed E-state index contributed by atoms with van der Waals surface area (Å²) in [5.74, 6) is 1.61. The summed E-state index contributed by atoms with van der Waals surface area (Å²) in [4.78, 5) is 2.06. The Labute approximate surface area is 103 Å². The lowest BCUT2D eigenvalue weighted by Gasteiger charge is -2.19. The van der Waals surface area contributed by atoms with Crippen molar-refractivity contribution in [2.45, 2.75) is 39.2 Å². The van der Waals surface area contributed by atoms with Gasteiger partial charge in [0.05, 0.1) is 6.10 Å². The number of nitrogens with zero attached hydrogens (tertiary/aromatic N) is 1. The van der Waals surface area contributed by atoms with Gasteiger partial charge >= 0.3 is 0 Å². The maximum atomic E-state index is 7.88. The molecule has 1 N–H and O–H groups in total. The summed E-state index contributed by atoms with van der Waals surface area (Å²) in [6, 6.07) is 8.06. The fourth-order valence-corrected chi connectivity index (χ4v) is 2.00. The fraction of sp³-hybridized carbons (Fsp3) is 0.500. The normalized spacial score (nSPS) is 17.3. The molecule has 0 amide bonds. The third-order valence-electron chi connectivity index (χ3n) is 3.16. The van der Waals surface area contributed by atoms with E-state index in [0.717, 1.165) is 37.2 Å². The van der Waals surface area contributed by atoms with E-state index in [-0.39, 0.29) is 6.10 Å². The number of ether oxygens (including phenoxy) is 1. The summed E-state index contributed by atoms with van der Waals surface area (Å²) >= 11 is 0. The number of rotatable bonds is 4. The van der Waals surface area contributed by atoms with Gasteiger partial charge in [0, 0.05) is 24.7 Å². The standard InChI is InChI=1S/C14H20N2O/c1-3-11(2)17-13-7-4-6-12(10-13)16-9-5-8-14(16)15/h4,6-7,10-11,15H,3,5,8-9H2,1-2H3. The Hall–Kier alpha value is -1.51. The first kappa shape index (κ1) is 12.0. The maximum Gasteiger partial charge on any atom is 0.121 e. The molecule has 2 rings (SSSR count). The molecule has 1 atom stereocenters. The van der Waals surface area contributed by atoms with Crippen LogP contribution in [0.15, 0.2) is 24.3 Å². The summed E-state index contributed by atoms with van der Waals surface area (Å²) < 4.78 is 5.80. The van der Waals surface area contributed by atoms with Gasteiger partial charge in [-0.05, 0) is 31.9 Å². The second-order valence-corrected chi connectivity index (χ2v) is 4.54. The van der Waals surface area contributed by atoms with Crippen LogP contribution in [0, 0.1) is 5.41 Å². The Balaban J connectivity index is 2.13. The fourth-order valence-electron chi connectivity index (χ4n) is 2.00. The molecule has 3 heteroatoms. The van der Waals surface area contributed by atoms with Gasteiger partial charge in [0.15, 0.2) is 0 Å². The second-order valence-electron chi connectivity index (χ2n) is 4.54. The highest BCUT2D eigenvalue weighted by Gasteiger charge is 2.18. The van der Waals surface area contributed by atoms with Gasteiger partial charge in [-0.1, -0.05) is 13.0 Å². The molecule has 17 heavy (non-hydrogen) atoms. The highest BCUT2D eigenvalue weighted by atomic mass is 16.5. The summed E-state index contributed by atoms with van der Waals surface area (Å²) in [5, 5.41) is 7.88. The minimum absolute atomic E-state index is 0.239. The summed E-state index contributed by atoms with van der Waals surface area (Å²) in [5.41, 5.74) is 1.08. The molecule has 0 saturated carbocycles. The van der Waals surface area contributed by atoms with Crippen molar-refractivity contribution in [3.8, 4) is 5.75 Å². The van der Waals surface area contributed by atoms with Gasteiger partial charge in [-0.3, -0.25) is 5.41 Å². The van der Waals surface area contributed by atoms with E-state index < -0.39 is 0 Å². The Kier molecular flexibility index (Phi) is 3.67. The van der Waals surface area contributed by atoms with E-state index in [1.165, 1.54) is 0 Å².